The van der Waals surface area contributed by atoms with Crippen molar-refractivity contribution in [3.05, 3.63) is 0 Å². The lowest BCUT2D eigenvalue weighted by Gasteiger charge is -2.15. The van der Waals surface area contributed by atoms with Gasteiger partial charge in [0.1, 0.15) is 6.10 Å². The summed E-state index contributed by atoms with van der Waals surface area (Å²) in [5.74, 6) is -0.231. The highest BCUT2D eigenvalue weighted by molar-refractivity contribution is 5.69. The van der Waals surface area contributed by atoms with E-state index in [0.717, 1.165) is 25.7 Å². The molecular formula is C17H34O4. The zero-order valence-electron chi connectivity index (χ0n) is 13.9. The van der Waals surface area contributed by atoms with Crippen LogP contribution in [0.15, 0.2) is 0 Å². The minimum absolute atomic E-state index is 0.171. The highest BCUT2D eigenvalue weighted by Gasteiger charge is 2.13. The third-order valence-corrected chi connectivity index (χ3v) is 3.43. The van der Waals surface area contributed by atoms with Gasteiger partial charge < -0.3 is 14.6 Å². The summed E-state index contributed by atoms with van der Waals surface area (Å²) in [6, 6.07) is 0. The van der Waals surface area contributed by atoms with E-state index < -0.39 is 6.10 Å². The van der Waals surface area contributed by atoms with Crippen LogP contribution in [0.2, 0.25) is 0 Å². The SMILES string of the molecule is CCCCCCCCOCC(CO)OC(=O)CCCCC. The third-order valence-electron chi connectivity index (χ3n) is 3.43. The number of hydrogen-bond donors (Lipinski definition) is 1. The smallest absolute Gasteiger partial charge is 0.306 e. The van der Waals surface area contributed by atoms with E-state index in [4.69, 9.17) is 9.47 Å². The molecule has 4 nitrogen and oxygen atoms in total. The molecule has 0 heterocycles. The Bertz CT molecular complexity index is 231. The molecule has 0 saturated carbocycles. The van der Waals surface area contributed by atoms with Gasteiger partial charge in [-0.15, -0.1) is 0 Å². The molecule has 4 heteroatoms. The zero-order valence-corrected chi connectivity index (χ0v) is 13.9. The maximum absolute atomic E-state index is 11.5. The summed E-state index contributed by atoms with van der Waals surface area (Å²) in [5, 5.41) is 9.19. The van der Waals surface area contributed by atoms with Crippen LogP contribution in [0, 0.1) is 0 Å². The Morgan fingerprint density at radius 3 is 2.24 bits per heavy atom. The van der Waals surface area contributed by atoms with E-state index in [-0.39, 0.29) is 12.6 Å². The van der Waals surface area contributed by atoms with Gasteiger partial charge in [-0.3, -0.25) is 4.79 Å². The average Bonchev–Trinajstić information content (AvgIpc) is 2.49. The number of carbonyl (C=O) groups excluding carboxylic acids is 1. The standard InChI is InChI=1S/C17H34O4/c1-3-5-7-8-9-11-13-20-15-16(14-18)21-17(19)12-10-6-4-2/h16,18H,3-15H2,1-2H3. The van der Waals surface area contributed by atoms with Gasteiger partial charge in [-0.25, -0.2) is 0 Å². The summed E-state index contributed by atoms with van der Waals surface area (Å²) in [4.78, 5) is 11.5. The Balaban J connectivity index is 3.50. The molecule has 0 aliphatic carbocycles. The monoisotopic (exact) mass is 302 g/mol. The number of unbranched alkanes of at least 4 members (excludes halogenated alkanes) is 7. The molecule has 0 aliphatic heterocycles. The van der Waals surface area contributed by atoms with Crippen LogP contribution in [0.4, 0.5) is 0 Å². The van der Waals surface area contributed by atoms with Gasteiger partial charge in [0.25, 0.3) is 0 Å². The molecule has 0 rings (SSSR count). The molecular weight excluding hydrogens is 268 g/mol. The van der Waals surface area contributed by atoms with Crippen molar-refractivity contribution in [3.8, 4) is 0 Å². The van der Waals surface area contributed by atoms with Crippen molar-refractivity contribution >= 4 is 5.97 Å². The molecule has 1 N–H and O–H groups in total. The molecule has 0 aromatic carbocycles. The number of aliphatic hydroxyl groups is 1. The summed E-state index contributed by atoms with van der Waals surface area (Å²) in [5.41, 5.74) is 0. The lowest BCUT2D eigenvalue weighted by Crippen LogP contribution is -2.27. The molecule has 0 aromatic heterocycles. The van der Waals surface area contributed by atoms with Gasteiger partial charge >= 0.3 is 5.97 Å². The van der Waals surface area contributed by atoms with E-state index in [2.05, 4.69) is 13.8 Å². The molecule has 21 heavy (non-hydrogen) atoms. The molecule has 0 fully saturated rings. The van der Waals surface area contributed by atoms with Crippen LogP contribution in [-0.4, -0.2) is 37.0 Å². The minimum Gasteiger partial charge on any atom is -0.457 e. The van der Waals surface area contributed by atoms with Crippen LogP contribution in [0.3, 0.4) is 0 Å². The van der Waals surface area contributed by atoms with Crippen molar-refractivity contribution in [2.75, 3.05) is 19.8 Å². The van der Waals surface area contributed by atoms with E-state index in [9.17, 15) is 9.90 Å². The Morgan fingerprint density at radius 2 is 1.57 bits per heavy atom. The normalized spacial score (nSPS) is 12.3. The average molecular weight is 302 g/mol. The van der Waals surface area contributed by atoms with Gasteiger partial charge in [-0.2, -0.15) is 0 Å². The van der Waals surface area contributed by atoms with Crippen LogP contribution in [0.1, 0.15) is 78.1 Å². The lowest BCUT2D eigenvalue weighted by atomic mass is 10.1. The molecule has 0 amide bonds. The van der Waals surface area contributed by atoms with Crippen LogP contribution >= 0.6 is 0 Å². The largest absolute Gasteiger partial charge is 0.457 e. The second-order valence-corrected chi connectivity index (χ2v) is 5.59. The molecule has 126 valence electrons. The van der Waals surface area contributed by atoms with Gasteiger partial charge in [-0.05, 0) is 12.8 Å². The van der Waals surface area contributed by atoms with Crippen LogP contribution in [0.5, 0.6) is 0 Å². The molecule has 0 bridgehead atoms. The quantitative estimate of drug-likeness (QED) is 0.369. The second-order valence-electron chi connectivity index (χ2n) is 5.59. The fraction of sp³-hybridized carbons (Fsp3) is 0.941. The molecule has 0 saturated heterocycles. The topological polar surface area (TPSA) is 55.8 Å². The highest BCUT2D eigenvalue weighted by atomic mass is 16.6. The molecule has 0 aromatic rings. The summed E-state index contributed by atoms with van der Waals surface area (Å²) in [6.07, 6.45) is 10.2. The predicted molar refractivity (Wildman–Crippen MR) is 85.3 cm³/mol. The maximum Gasteiger partial charge on any atom is 0.306 e. The molecule has 0 radical (unpaired) electrons. The number of carbonyl (C=O) groups is 1. The summed E-state index contributed by atoms with van der Waals surface area (Å²) in [6.45, 7) is 5.11. The Hall–Kier alpha value is -0.610. The van der Waals surface area contributed by atoms with Crippen molar-refractivity contribution < 1.29 is 19.4 Å². The maximum atomic E-state index is 11.5. The molecule has 0 aliphatic rings. The van der Waals surface area contributed by atoms with Crippen molar-refractivity contribution in [1.82, 2.24) is 0 Å². The van der Waals surface area contributed by atoms with Crippen LogP contribution in [0.25, 0.3) is 0 Å². The number of ether oxygens (including phenoxy) is 2. The zero-order chi connectivity index (χ0) is 15.8. The minimum atomic E-state index is -0.515. The van der Waals surface area contributed by atoms with Gasteiger partial charge in [-0.1, -0.05) is 58.8 Å². The van der Waals surface area contributed by atoms with E-state index in [1.54, 1.807) is 0 Å². The van der Waals surface area contributed by atoms with Crippen molar-refractivity contribution in [3.63, 3.8) is 0 Å². The summed E-state index contributed by atoms with van der Waals surface area (Å²) in [7, 11) is 0. The van der Waals surface area contributed by atoms with Gasteiger partial charge in [0, 0.05) is 13.0 Å². The van der Waals surface area contributed by atoms with Crippen molar-refractivity contribution in [2.45, 2.75) is 84.2 Å². The first-order valence-electron chi connectivity index (χ1n) is 8.62. The third kappa shape index (κ3) is 14.1. The van der Waals surface area contributed by atoms with Gasteiger partial charge in [0.05, 0.1) is 13.2 Å². The summed E-state index contributed by atoms with van der Waals surface area (Å²) >= 11 is 0. The van der Waals surface area contributed by atoms with E-state index >= 15 is 0 Å². The van der Waals surface area contributed by atoms with Gasteiger partial charge in [0.2, 0.25) is 0 Å². The van der Waals surface area contributed by atoms with Crippen molar-refractivity contribution in [2.24, 2.45) is 0 Å². The van der Waals surface area contributed by atoms with Crippen LogP contribution < -0.4 is 0 Å². The van der Waals surface area contributed by atoms with E-state index in [0.29, 0.717) is 19.6 Å². The lowest BCUT2D eigenvalue weighted by molar-refractivity contribution is -0.154. The molecule has 1 atom stereocenters. The van der Waals surface area contributed by atoms with E-state index in [1.165, 1.54) is 32.1 Å². The highest BCUT2D eigenvalue weighted by Crippen LogP contribution is 2.06. The Labute approximate surface area is 130 Å². The number of esters is 1. The first kappa shape index (κ1) is 20.4. The first-order valence-corrected chi connectivity index (χ1v) is 8.62. The molecule has 1 unspecified atom stereocenters. The van der Waals surface area contributed by atoms with Crippen LogP contribution in [-0.2, 0) is 14.3 Å². The van der Waals surface area contributed by atoms with E-state index in [1.807, 2.05) is 0 Å². The second kappa shape index (κ2) is 15.8. The Morgan fingerprint density at radius 1 is 0.952 bits per heavy atom. The van der Waals surface area contributed by atoms with Gasteiger partial charge in [0.15, 0.2) is 0 Å². The van der Waals surface area contributed by atoms with Crippen molar-refractivity contribution in [1.29, 1.82) is 0 Å². The Kier molecular flexibility index (Phi) is 15.3. The number of aliphatic hydroxyl groups excluding tert-OH is 1. The fourth-order valence-corrected chi connectivity index (χ4v) is 2.09. The number of rotatable bonds is 15. The fourth-order valence-electron chi connectivity index (χ4n) is 2.09. The summed E-state index contributed by atoms with van der Waals surface area (Å²) < 4.78 is 10.7. The number of hydrogen-bond acceptors (Lipinski definition) is 4. The molecule has 0 spiro atoms. The first-order chi connectivity index (χ1) is 10.2. The predicted octanol–water partition coefficient (Wildman–Crippen LogP) is 3.85.